The van der Waals surface area contributed by atoms with E-state index < -0.39 is 0 Å². The Balaban J connectivity index is 2.02. The maximum Gasteiger partial charge on any atom is 0.200 e. The Labute approximate surface area is 82.4 Å². The van der Waals surface area contributed by atoms with Crippen molar-refractivity contribution in [2.75, 3.05) is 5.73 Å². The number of furan rings is 1. The van der Waals surface area contributed by atoms with Gasteiger partial charge in [-0.2, -0.15) is 0 Å². The highest BCUT2D eigenvalue weighted by Gasteiger charge is 2.04. The largest absolute Gasteiger partial charge is 0.469 e. The van der Waals surface area contributed by atoms with E-state index in [9.17, 15) is 0 Å². The summed E-state index contributed by atoms with van der Waals surface area (Å²) in [5.74, 6) is 1.55. The third-order valence-electron chi connectivity index (χ3n) is 2.33. The van der Waals surface area contributed by atoms with Crippen molar-refractivity contribution in [1.29, 1.82) is 0 Å². The molecule has 0 fully saturated rings. The molecule has 0 aliphatic carbocycles. The monoisotopic (exact) mass is 191 g/mol. The number of nitrogens with two attached hydrogens (primary N) is 1. The van der Waals surface area contributed by atoms with Crippen molar-refractivity contribution in [2.45, 2.75) is 12.8 Å². The molecule has 2 heterocycles. The van der Waals surface area contributed by atoms with Gasteiger partial charge in [0.25, 0.3) is 0 Å². The Hall–Kier alpha value is -1.71. The van der Waals surface area contributed by atoms with E-state index in [4.69, 9.17) is 10.2 Å². The number of hydrogen-bond acceptors (Lipinski definition) is 3. The molecule has 2 aromatic rings. The van der Waals surface area contributed by atoms with E-state index in [-0.39, 0.29) is 0 Å². The fourth-order valence-electron chi connectivity index (χ4n) is 1.40. The molecule has 0 radical (unpaired) electrons. The maximum atomic E-state index is 5.62. The fraction of sp³-hybridized carbons (Fsp3) is 0.300. The van der Waals surface area contributed by atoms with Gasteiger partial charge in [-0.3, -0.25) is 0 Å². The summed E-state index contributed by atoms with van der Waals surface area (Å²) in [5, 5.41) is 0. The number of aromatic nitrogens is 2. The van der Waals surface area contributed by atoms with E-state index in [0.29, 0.717) is 5.95 Å². The summed E-state index contributed by atoms with van der Waals surface area (Å²) in [5.41, 5.74) is 6.74. The Bertz CT molecular complexity index is 403. The van der Waals surface area contributed by atoms with Gasteiger partial charge >= 0.3 is 0 Å². The second kappa shape index (κ2) is 3.57. The van der Waals surface area contributed by atoms with E-state index in [1.807, 2.05) is 23.7 Å². The molecular formula is C10H13N3O. The lowest BCUT2D eigenvalue weighted by Gasteiger charge is -2.01. The second-order valence-electron chi connectivity index (χ2n) is 3.25. The van der Waals surface area contributed by atoms with Crippen LogP contribution < -0.4 is 5.73 Å². The van der Waals surface area contributed by atoms with Crippen LogP contribution in [-0.4, -0.2) is 9.55 Å². The summed E-state index contributed by atoms with van der Waals surface area (Å²) in [6, 6.07) is 3.87. The molecule has 0 aliphatic heterocycles. The molecule has 74 valence electrons. The molecule has 0 saturated carbocycles. The topological polar surface area (TPSA) is 57.0 Å². The van der Waals surface area contributed by atoms with Crippen molar-refractivity contribution >= 4 is 5.95 Å². The van der Waals surface area contributed by atoms with Gasteiger partial charge < -0.3 is 14.7 Å². The zero-order valence-corrected chi connectivity index (χ0v) is 8.10. The lowest BCUT2D eigenvalue weighted by Crippen LogP contribution is -2.02. The Morgan fingerprint density at radius 3 is 2.93 bits per heavy atom. The highest BCUT2D eigenvalue weighted by atomic mass is 16.3. The number of nitrogens with zero attached hydrogens (tertiary/aromatic N) is 2. The molecule has 2 aromatic heterocycles. The Morgan fingerprint density at radius 1 is 1.50 bits per heavy atom. The van der Waals surface area contributed by atoms with E-state index in [0.717, 1.165) is 24.3 Å². The van der Waals surface area contributed by atoms with E-state index >= 15 is 0 Å². The first-order chi connectivity index (χ1) is 6.77. The van der Waals surface area contributed by atoms with Gasteiger partial charge in [0.05, 0.1) is 12.5 Å². The lowest BCUT2D eigenvalue weighted by molar-refractivity contribution is 0.506. The molecule has 2 N–H and O–H groups in total. The van der Waals surface area contributed by atoms with Gasteiger partial charge in [-0.15, -0.1) is 0 Å². The number of rotatable bonds is 3. The fourth-order valence-corrected chi connectivity index (χ4v) is 1.40. The zero-order valence-electron chi connectivity index (χ0n) is 8.10. The normalized spacial score (nSPS) is 10.6. The number of nitrogen functional groups attached to an aromatic ring is 1. The summed E-state index contributed by atoms with van der Waals surface area (Å²) in [6.07, 6.45) is 5.27. The first-order valence-corrected chi connectivity index (χ1v) is 4.56. The average Bonchev–Trinajstić information content (AvgIpc) is 2.77. The molecule has 14 heavy (non-hydrogen) atoms. The van der Waals surface area contributed by atoms with Crippen LogP contribution in [0, 0.1) is 0 Å². The Morgan fingerprint density at radius 2 is 2.36 bits per heavy atom. The second-order valence-corrected chi connectivity index (χ2v) is 3.25. The highest BCUT2D eigenvalue weighted by molar-refractivity contribution is 5.22. The maximum absolute atomic E-state index is 5.62. The molecule has 4 heteroatoms. The summed E-state index contributed by atoms with van der Waals surface area (Å²) < 4.78 is 7.13. The first-order valence-electron chi connectivity index (χ1n) is 4.56. The van der Waals surface area contributed by atoms with Crippen molar-refractivity contribution in [3.63, 3.8) is 0 Å². The number of anilines is 1. The third-order valence-corrected chi connectivity index (χ3v) is 2.33. The van der Waals surface area contributed by atoms with Crippen LogP contribution in [0.2, 0.25) is 0 Å². The predicted octanol–water partition coefficient (Wildman–Crippen LogP) is 1.38. The molecule has 0 aliphatic rings. The van der Waals surface area contributed by atoms with Crippen LogP contribution in [-0.2, 0) is 19.9 Å². The van der Waals surface area contributed by atoms with Crippen molar-refractivity contribution in [3.05, 3.63) is 36.0 Å². The first kappa shape index (κ1) is 8.87. The van der Waals surface area contributed by atoms with Crippen LogP contribution in [0.4, 0.5) is 5.95 Å². The molecule has 4 nitrogen and oxygen atoms in total. The van der Waals surface area contributed by atoms with Crippen LogP contribution in [0.5, 0.6) is 0 Å². The van der Waals surface area contributed by atoms with Gasteiger partial charge in [0.15, 0.2) is 5.95 Å². The summed E-state index contributed by atoms with van der Waals surface area (Å²) in [7, 11) is 1.92. The molecule has 0 spiro atoms. The number of aryl methyl sites for hydroxylation is 2. The molecule has 0 atom stereocenters. The van der Waals surface area contributed by atoms with Crippen LogP contribution in [0.15, 0.2) is 29.0 Å². The van der Waals surface area contributed by atoms with Gasteiger partial charge in [0.1, 0.15) is 5.76 Å². The summed E-state index contributed by atoms with van der Waals surface area (Å²) in [4.78, 5) is 4.03. The summed E-state index contributed by atoms with van der Waals surface area (Å²) in [6.45, 7) is 0. The van der Waals surface area contributed by atoms with Crippen LogP contribution in [0.1, 0.15) is 11.5 Å². The van der Waals surface area contributed by atoms with E-state index in [1.54, 1.807) is 12.5 Å². The smallest absolute Gasteiger partial charge is 0.200 e. The van der Waals surface area contributed by atoms with Crippen LogP contribution >= 0.6 is 0 Å². The van der Waals surface area contributed by atoms with Crippen LogP contribution in [0.3, 0.4) is 0 Å². The average molecular weight is 191 g/mol. The minimum atomic E-state index is 0.555. The Kier molecular flexibility index (Phi) is 2.26. The molecule has 0 unspecified atom stereocenters. The molecule has 0 amide bonds. The van der Waals surface area contributed by atoms with Gasteiger partial charge in [0.2, 0.25) is 0 Å². The molecule has 0 bridgehead atoms. The van der Waals surface area contributed by atoms with Crippen molar-refractivity contribution in [2.24, 2.45) is 7.05 Å². The number of imidazole rings is 1. The molecule has 0 saturated heterocycles. The molecular weight excluding hydrogens is 178 g/mol. The van der Waals surface area contributed by atoms with E-state index in [2.05, 4.69) is 4.98 Å². The standard InChI is InChI=1S/C10H13N3O/c1-13-8(7-12-10(13)11)4-5-9-3-2-6-14-9/h2-3,6-7H,4-5H2,1H3,(H2,11,12). The van der Waals surface area contributed by atoms with Crippen molar-refractivity contribution < 1.29 is 4.42 Å². The summed E-state index contributed by atoms with van der Waals surface area (Å²) >= 11 is 0. The van der Waals surface area contributed by atoms with Gasteiger partial charge in [-0.1, -0.05) is 0 Å². The number of hydrogen-bond donors (Lipinski definition) is 1. The minimum absolute atomic E-state index is 0.555. The SMILES string of the molecule is Cn1c(CCc2ccco2)cnc1N. The third kappa shape index (κ3) is 1.64. The van der Waals surface area contributed by atoms with Crippen molar-refractivity contribution in [1.82, 2.24) is 9.55 Å². The molecule has 2 rings (SSSR count). The van der Waals surface area contributed by atoms with Crippen molar-refractivity contribution in [3.8, 4) is 0 Å². The predicted molar refractivity (Wildman–Crippen MR) is 53.7 cm³/mol. The van der Waals surface area contributed by atoms with Gasteiger partial charge in [-0.25, -0.2) is 4.98 Å². The zero-order chi connectivity index (χ0) is 9.97. The lowest BCUT2D eigenvalue weighted by atomic mass is 10.2. The highest BCUT2D eigenvalue weighted by Crippen LogP contribution is 2.09. The minimum Gasteiger partial charge on any atom is -0.469 e. The van der Waals surface area contributed by atoms with Gasteiger partial charge in [0, 0.05) is 19.2 Å². The van der Waals surface area contributed by atoms with Crippen LogP contribution in [0.25, 0.3) is 0 Å². The van der Waals surface area contributed by atoms with Gasteiger partial charge in [-0.05, 0) is 18.6 Å². The quantitative estimate of drug-likeness (QED) is 0.797. The molecule has 0 aromatic carbocycles. The van der Waals surface area contributed by atoms with E-state index in [1.165, 1.54) is 0 Å².